The van der Waals surface area contributed by atoms with Crippen LogP contribution in [0.3, 0.4) is 0 Å². The predicted molar refractivity (Wildman–Crippen MR) is 95.9 cm³/mol. The molecule has 128 valence electrons. The van der Waals surface area contributed by atoms with Crippen LogP contribution in [-0.4, -0.2) is 27.8 Å². The van der Waals surface area contributed by atoms with Crippen molar-refractivity contribution in [3.8, 4) is 22.3 Å². The summed E-state index contributed by atoms with van der Waals surface area (Å²) in [7, 11) is 1.86. The number of amides is 1. The van der Waals surface area contributed by atoms with Gasteiger partial charge in [-0.05, 0) is 53.8 Å². The lowest BCUT2D eigenvalue weighted by Crippen LogP contribution is -2.36. The molecule has 0 atom stereocenters. The fourth-order valence-corrected chi connectivity index (χ4v) is 3.95. The van der Waals surface area contributed by atoms with Gasteiger partial charge in [0.15, 0.2) is 0 Å². The van der Waals surface area contributed by atoms with E-state index >= 15 is 0 Å². The van der Waals surface area contributed by atoms with Crippen LogP contribution in [0, 0.1) is 5.95 Å². The van der Waals surface area contributed by atoms with Gasteiger partial charge < -0.3 is 4.90 Å². The fourth-order valence-electron chi connectivity index (χ4n) is 3.95. The molecule has 5 rings (SSSR count). The minimum absolute atomic E-state index is 0.0423. The lowest BCUT2D eigenvalue weighted by Gasteiger charge is -2.27. The monoisotopic (exact) mass is 345 g/mol. The smallest absolute Gasteiger partial charge is 0.273 e. The standard InChI is InChI=1S/C21H16FN3O/c1-25-20(26)19-15(3-2-10-23-19)16-11-13(14-5-7-18(22)24-12-14)4-6-17(16)21(25)8-9-21/h2-7,10-12H,8-9H2,1H3. The van der Waals surface area contributed by atoms with Crippen LogP contribution in [0.2, 0.25) is 0 Å². The van der Waals surface area contributed by atoms with E-state index in [2.05, 4.69) is 22.1 Å². The average Bonchev–Trinajstić information content (AvgIpc) is 3.49. The molecule has 0 saturated heterocycles. The van der Waals surface area contributed by atoms with Gasteiger partial charge >= 0.3 is 0 Å². The van der Waals surface area contributed by atoms with Crippen LogP contribution < -0.4 is 0 Å². The zero-order valence-corrected chi connectivity index (χ0v) is 14.2. The molecule has 0 bridgehead atoms. The second kappa shape index (κ2) is 5.21. The van der Waals surface area contributed by atoms with Crippen molar-refractivity contribution in [1.29, 1.82) is 0 Å². The molecule has 1 aromatic carbocycles. The third-order valence-corrected chi connectivity index (χ3v) is 5.55. The first-order chi connectivity index (χ1) is 12.6. The van der Waals surface area contributed by atoms with Gasteiger partial charge in [0.2, 0.25) is 5.95 Å². The molecule has 1 aliphatic heterocycles. The SMILES string of the molecule is CN1C(=O)c2ncccc2-c2cc(-c3ccc(F)nc3)ccc2C12CC2. The van der Waals surface area contributed by atoms with Crippen LogP contribution in [0.1, 0.15) is 28.9 Å². The first kappa shape index (κ1) is 15.2. The maximum atomic E-state index is 13.2. The molecule has 0 N–H and O–H groups in total. The van der Waals surface area contributed by atoms with Crippen LogP contribution in [0.25, 0.3) is 22.3 Å². The zero-order valence-electron chi connectivity index (χ0n) is 14.2. The molecule has 1 aliphatic carbocycles. The largest absolute Gasteiger partial charge is 0.331 e. The summed E-state index contributed by atoms with van der Waals surface area (Å²) >= 11 is 0. The van der Waals surface area contributed by atoms with Crippen molar-refractivity contribution in [3.63, 3.8) is 0 Å². The van der Waals surface area contributed by atoms with Gasteiger partial charge in [-0.3, -0.25) is 9.78 Å². The van der Waals surface area contributed by atoms with Crippen molar-refractivity contribution in [2.75, 3.05) is 7.05 Å². The first-order valence-corrected chi connectivity index (χ1v) is 8.60. The third-order valence-electron chi connectivity index (χ3n) is 5.55. The molecule has 2 aromatic heterocycles. The molecule has 4 nitrogen and oxygen atoms in total. The second-order valence-electron chi connectivity index (χ2n) is 6.93. The second-order valence-corrected chi connectivity index (χ2v) is 6.93. The minimum atomic E-state index is -0.498. The van der Waals surface area contributed by atoms with Gasteiger partial charge in [0, 0.05) is 30.6 Å². The molecular weight excluding hydrogens is 329 g/mol. The topological polar surface area (TPSA) is 46.1 Å². The van der Waals surface area contributed by atoms with Gasteiger partial charge in [-0.15, -0.1) is 0 Å². The highest BCUT2D eigenvalue weighted by atomic mass is 19.1. The molecule has 1 saturated carbocycles. The van der Waals surface area contributed by atoms with Crippen LogP contribution in [0.4, 0.5) is 4.39 Å². The molecule has 0 radical (unpaired) electrons. The van der Waals surface area contributed by atoms with Gasteiger partial charge in [-0.2, -0.15) is 4.39 Å². The zero-order chi connectivity index (χ0) is 17.9. The van der Waals surface area contributed by atoms with Crippen LogP contribution in [-0.2, 0) is 5.54 Å². The van der Waals surface area contributed by atoms with Gasteiger partial charge in [0.05, 0.1) is 5.54 Å². The molecular formula is C21H16FN3O. The number of hydrogen-bond acceptors (Lipinski definition) is 3. The van der Waals surface area contributed by atoms with Crippen LogP contribution in [0.15, 0.2) is 54.9 Å². The average molecular weight is 345 g/mol. The van der Waals surface area contributed by atoms with Crippen LogP contribution in [0.5, 0.6) is 0 Å². The number of fused-ring (bicyclic) bond motifs is 4. The van der Waals surface area contributed by atoms with Crippen molar-refractivity contribution >= 4 is 5.91 Å². The quantitative estimate of drug-likeness (QED) is 0.626. The number of pyridine rings is 2. The molecule has 1 spiro atoms. The Balaban J connectivity index is 1.77. The normalized spacial score (nSPS) is 16.8. The minimum Gasteiger partial charge on any atom is -0.331 e. The van der Waals surface area contributed by atoms with E-state index in [4.69, 9.17) is 0 Å². The van der Waals surface area contributed by atoms with Gasteiger partial charge in [0.1, 0.15) is 5.69 Å². The van der Waals surface area contributed by atoms with E-state index in [0.717, 1.165) is 40.7 Å². The van der Waals surface area contributed by atoms with Crippen molar-refractivity contribution < 1.29 is 9.18 Å². The summed E-state index contributed by atoms with van der Waals surface area (Å²) in [4.78, 5) is 22.9. The summed E-state index contributed by atoms with van der Waals surface area (Å²) < 4.78 is 13.2. The predicted octanol–water partition coefficient (Wildman–Crippen LogP) is 4.02. The number of carbonyl (C=O) groups excluding carboxylic acids is 1. The van der Waals surface area contributed by atoms with Gasteiger partial charge in [0.25, 0.3) is 5.91 Å². The van der Waals surface area contributed by atoms with E-state index in [1.165, 1.54) is 12.3 Å². The van der Waals surface area contributed by atoms with Gasteiger partial charge in [-0.1, -0.05) is 18.2 Å². The number of aromatic nitrogens is 2. The van der Waals surface area contributed by atoms with Gasteiger partial charge in [-0.25, -0.2) is 4.98 Å². The van der Waals surface area contributed by atoms with Crippen molar-refractivity contribution in [3.05, 3.63) is 72.1 Å². The number of benzene rings is 1. The Kier molecular flexibility index (Phi) is 3.04. The Hall–Kier alpha value is -3.08. The molecule has 2 aliphatic rings. The lowest BCUT2D eigenvalue weighted by atomic mass is 9.91. The Morgan fingerprint density at radius 2 is 1.85 bits per heavy atom. The molecule has 26 heavy (non-hydrogen) atoms. The number of nitrogens with zero attached hydrogens (tertiary/aromatic N) is 3. The van der Waals surface area contributed by atoms with E-state index in [1.54, 1.807) is 12.3 Å². The molecule has 1 amide bonds. The Bertz CT molecular complexity index is 1040. The summed E-state index contributed by atoms with van der Waals surface area (Å²) in [5, 5.41) is 0. The molecule has 0 unspecified atom stereocenters. The summed E-state index contributed by atoms with van der Waals surface area (Å²) in [5.74, 6) is -0.540. The number of hydrogen-bond donors (Lipinski definition) is 0. The van der Waals surface area contributed by atoms with Crippen molar-refractivity contribution in [2.45, 2.75) is 18.4 Å². The van der Waals surface area contributed by atoms with Crippen molar-refractivity contribution in [1.82, 2.24) is 14.9 Å². The van der Waals surface area contributed by atoms with Crippen molar-refractivity contribution in [2.24, 2.45) is 0 Å². The first-order valence-electron chi connectivity index (χ1n) is 8.60. The summed E-state index contributed by atoms with van der Waals surface area (Å²) in [6.45, 7) is 0. The summed E-state index contributed by atoms with van der Waals surface area (Å²) in [5.41, 5.74) is 5.04. The fraction of sp³-hybridized carbons (Fsp3) is 0.190. The maximum absolute atomic E-state index is 13.2. The summed E-state index contributed by atoms with van der Waals surface area (Å²) in [6.07, 6.45) is 5.09. The Morgan fingerprint density at radius 1 is 1.04 bits per heavy atom. The molecule has 3 heterocycles. The van der Waals surface area contributed by atoms with E-state index in [0.29, 0.717) is 5.69 Å². The van der Waals surface area contributed by atoms with E-state index in [-0.39, 0.29) is 11.4 Å². The van der Waals surface area contributed by atoms with E-state index in [9.17, 15) is 9.18 Å². The molecule has 1 fully saturated rings. The Labute approximate surface area is 150 Å². The highest BCUT2D eigenvalue weighted by molar-refractivity contribution is 6.02. The Morgan fingerprint density at radius 3 is 2.58 bits per heavy atom. The summed E-state index contributed by atoms with van der Waals surface area (Å²) in [6, 6.07) is 13.1. The number of carbonyl (C=O) groups is 1. The lowest BCUT2D eigenvalue weighted by molar-refractivity contribution is 0.0704. The highest BCUT2D eigenvalue weighted by Gasteiger charge is 2.53. The highest BCUT2D eigenvalue weighted by Crippen LogP contribution is 2.55. The molecule has 5 heteroatoms. The van der Waals surface area contributed by atoms with E-state index in [1.807, 2.05) is 30.1 Å². The third kappa shape index (κ3) is 2.03. The number of halogens is 1. The van der Waals surface area contributed by atoms with E-state index < -0.39 is 5.95 Å². The molecule has 3 aromatic rings. The maximum Gasteiger partial charge on any atom is 0.273 e. The van der Waals surface area contributed by atoms with Crippen LogP contribution >= 0.6 is 0 Å². The number of rotatable bonds is 1.